The fourth-order valence-electron chi connectivity index (χ4n) is 3.35. The minimum absolute atomic E-state index is 0.166. The van der Waals surface area contributed by atoms with Gasteiger partial charge in [0.25, 0.3) is 0 Å². The van der Waals surface area contributed by atoms with Crippen LogP contribution in [0.25, 0.3) is 0 Å². The third-order valence-corrected chi connectivity index (χ3v) is 4.79. The smallest absolute Gasteiger partial charge is 0.313 e. The van der Waals surface area contributed by atoms with Gasteiger partial charge in [0.15, 0.2) is 0 Å². The summed E-state index contributed by atoms with van der Waals surface area (Å²) in [5.41, 5.74) is 8.69. The highest BCUT2D eigenvalue weighted by molar-refractivity contribution is 5.76. The van der Waals surface area contributed by atoms with Crippen LogP contribution < -0.4 is 10.5 Å². The monoisotopic (exact) mass is 377 g/mol. The van der Waals surface area contributed by atoms with Crippen LogP contribution in [0.3, 0.4) is 0 Å². The molecule has 146 valence electrons. The normalized spacial score (nSPS) is 14.8. The summed E-state index contributed by atoms with van der Waals surface area (Å²) in [4.78, 5) is 12.8. The maximum Gasteiger partial charge on any atom is 0.313 e. The number of ether oxygens (including phenoxy) is 2. The summed E-state index contributed by atoms with van der Waals surface area (Å²) >= 11 is 0. The molecular formula is C24H27NO3. The molecule has 0 spiro atoms. The molecule has 2 N–H and O–H groups in total. The van der Waals surface area contributed by atoms with Gasteiger partial charge in [-0.2, -0.15) is 0 Å². The van der Waals surface area contributed by atoms with E-state index < -0.39 is 0 Å². The Morgan fingerprint density at radius 2 is 1.75 bits per heavy atom. The van der Waals surface area contributed by atoms with Crippen LogP contribution in [-0.2, 0) is 16.1 Å². The lowest BCUT2D eigenvalue weighted by Gasteiger charge is -2.24. The van der Waals surface area contributed by atoms with Crippen molar-refractivity contribution < 1.29 is 14.3 Å². The Hall–Kier alpha value is -3.01. The topological polar surface area (TPSA) is 61.5 Å². The predicted octanol–water partition coefficient (Wildman–Crippen LogP) is 5.36. The number of esters is 1. The second-order valence-electron chi connectivity index (χ2n) is 7.38. The SMILES string of the molecule is CC(C)C(C(=O)OCc1cccc(Oc2ccccc2)c1)C1=CC=C(N)CC1. The van der Waals surface area contributed by atoms with Crippen LogP contribution in [0.2, 0.25) is 0 Å². The molecule has 1 aliphatic carbocycles. The number of nitrogens with two attached hydrogens (primary N) is 1. The zero-order valence-corrected chi connectivity index (χ0v) is 16.4. The molecule has 0 saturated heterocycles. The van der Waals surface area contributed by atoms with E-state index in [2.05, 4.69) is 0 Å². The number of hydrogen-bond donors (Lipinski definition) is 1. The zero-order valence-electron chi connectivity index (χ0n) is 16.4. The molecule has 4 heteroatoms. The van der Waals surface area contributed by atoms with Gasteiger partial charge in [0, 0.05) is 5.70 Å². The Bertz CT molecular complexity index is 868. The molecule has 2 aromatic carbocycles. The van der Waals surface area contributed by atoms with E-state index in [0.29, 0.717) is 0 Å². The fourth-order valence-corrected chi connectivity index (χ4v) is 3.35. The Morgan fingerprint density at radius 1 is 1.00 bits per heavy atom. The number of carbonyl (C=O) groups excluding carboxylic acids is 1. The highest BCUT2D eigenvalue weighted by atomic mass is 16.5. The van der Waals surface area contributed by atoms with E-state index in [4.69, 9.17) is 15.2 Å². The van der Waals surface area contributed by atoms with E-state index in [-0.39, 0.29) is 24.4 Å². The van der Waals surface area contributed by atoms with Crippen LogP contribution in [0.5, 0.6) is 11.5 Å². The van der Waals surface area contributed by atoms with Crippen molar-refractivity contribution >= 4 is 5.97 Å². The third kappa shape index (κ3) is 5.26. The van der Waals surface area contributed by atoms with Gasteiger partial charge in [0.1, 0.15) is 18.1 Å². The average Bonchev–Trinajstić information content (AvgIpc) is 2.69. The van der Waals surface area contributed by atoms with Crippen molar-refractivity contribution in [3.63, 3.8) is 0 Å². The van der Waals surface area contributed by atoms with Gasteiger partial charge in [0.05, 0.1) is 5.92 Å². The lowest BCUT2D eigenvalue weighted by atomic mass is 9.83. The van der Waals surface area contributed by atoms with Crippen molar-refractivity contribution in [1.29, 1.82) is 0 Å². The van der Waals surface area contributed by atoms with Gasteiger partial charge in [-0.15, -0.1) is 0 Å². The van der Waals surface area contributed by atoms with Crippen molar-refractivity contribution in [2.75, 3.05) is 0 Å². The minimum atomic E-state index is -0.242. The van der Waals surface area contributed by atoms with Gasteiger partial charge < -0.3 is 15.2 Å². The zero-order chi connectivity index (χ0) is 19.9. The van der Waals surface area contributed by atoms with Crippen molar-refractivity contribution in [3.8, 4) is 11.5 Å². The number of hydrogen-bond acceptors (Lipinski definition) is 4. The van der Waals surface area contributed by atoms with Gasteiger partial charge >= 0.3 is 5.97 Å². The van der Waals surface area contributed by atoms with E-state index in [1.165, 1.54) is 0 Å². The number of rotatable bonds is 7. The maximum atomic E-state index is 12.8. The number of benzene rings is 2. The molecule has 28 heavy (non-hydrogen) atoms. The van der Waals surface area contributed by atoms with Crippen LogP contribution in [-0.4, -0.2) is 5.97 Å². The summed E-state index contributed by atoms with van der Waals surface area (Å²) in [7, 11) is 0. The summed E-state index contributed by atoms with van der Waals surface area (Å²) in [6, 6.07) is 17.2. The molecule has 4 nitrogen and oxygen atoms in total. The first-order valence-electron chi connectivity index (χ1n) is 9.66. The van der Waals surface area contributed by atoms with Crippen LogP contribution in [0.4, 0.5) is 0 Å². The summed E-state index contributed by atoms with van der Waals surface area (Å²) in [5.74, 6) is 1.22. The van der Waals surface area contributed by atoms with Gasteiger partial charge in [-0.05, 0) is 54.7 Å². The third-order valence-electron chi connectivity index (χ3n) is 4.79. The summed E-state index contributed by atoms with van der Waals surface area (Å²) < 4.78 is 11.5. The molecule has 0 heterocycles. The second kappa shape index (κ2) is 9.27. The highest BCUT2D eigenvalue weighted by Crippen LogP contribution is 2.30. The molecule has 3 rings (SSSR count). The van der Waals surface area contributed by atoms with Crippen LogP contribution in [0.1, 0.15) is 32.3 Å². The quantitative estimate of drug-likeness (QED) is 0.660. The Kier molecular flexibility index (Phi) is 6.53. The van der Waals surface area contributed by atoms with Crippen molar-refractivity contribution in [1.82, 2.24) is 0 Å². The van der Waals surface area contributed by atoms with Gasteiger partial charge in [-0.3, -0.25) is 4.79 Å². The van der Waals surface area contributed by atoms with Crippen LogP contribution >= 0.6 is 0 Å². The summed E-state index contributed by atoms with van der Waals surface area (Å²) in [6.45, 7) is 4.31. The van der Waals surface area contributed by atoms with E-state index in [0.717, 1.165) is 41.2 Å². The maximum absolute atomic E-state index is 12.8. The van der Waals surface area contributed by atoms with E-state index in [9.17, 15) is 4.79 Å². The van der Waals surface area contributed by atoms with Crippen LogP contribution in [0.15, 0.2) is 78.0 Å². The van der Waals surface area contributed by atoms with E-state index >= 15 is 0 Å². The first kappa shape index (κ1) is 19.7. The molecule has 0 aromatic heterocycles. The molecule has 1 atom stereocenters. The lowest BCUT2D eigenvalue weighted by molar-refractivity contribution is -0.150. The lowest BCUT2D eigenvalue weighted by Crippen LogP contribution is -2.26. The van der Waals surface area contributed by atoms with Crippen molar-refractivity contribution in [2.24, 2.45) is 17.6 Å². The molecule has 0 fully saturated rings. The van der Waals surface area contributed by atoms with Gasteiger partial charge in [0.2, 0.25) is 0 Å². The Morgan fingerprint density at radius 3 is 2.43 bits per heavy atom. The molecular weight excluding hydrogens is 350 g/mol. The van der Waals surface area contributed by atoms with Crippen molar-refractivity contribution in [3.05, 3.63) is 83.6 Å². The molecule has 1 unspecified atom stereocenters. The molecule has 0 bridgehead atoms. The molecule has 1 aliphatic rings. The molecule has 0 aliphatic heterocycles. The molecule has 0 saturated carbocycles. The average molecular weight is 377 g/mol. The van der Waals surface area contributed by atoms with Crippen LogP contribution in [0, 0.1) is 11.8 Å². The molecule has 0 amide bonds. The summed E-state index contributed by atoms with van der Waals surface area (Å²) in [6.07, 6.45) is 5.47. The number of carbonyl (C=O) groups is 1. The van der Waals surface area contributed by atoms with Gasteiger partial charge in [-0.1, -0.05) is 55.8 Å². The Balaban J connectivity index is 1.64. The molecule has 0 radical (unpaired) electrons. The predicted molar refractivity (Wildman–Crippen MR) is 111 cm³/mol. The summed E-state index contributed by atoms with van der Waals surface area (Å²) in [5, 5.41) is 0. The van der Waals surface area contributed by atoms with Crippen molar-refractivity contribution in [2.45, 2.75) is 33.3 Å². The Labute approximate surface area is 166 Å². The van der Waals surface area contributed by atoms with Gasteiger partial charge in [-0.25, -0.2) is 0 Å². The van der Waals surface area contributed by atoms with E-state index in [1.54, 1.807) is 0 Å². The number of allylic oxidation sites excluding steroid dienone is 3. The molecule has 2 aromatic rings. The first-order valence-corrected chi connectivity index (χ1v) is 9.66. The first-order chi connectivity index (χ1) is 13.5. The second-order valence-corrected chi connectivity index (χ2v) is 7.38. The minimum Gasteiger partial charge on any atom is -0.460 e. The van der Waals surface area contributed by atoms with E-state index in [1.807, 2.05) is 80.6 Å². The largest absolute Gasteiger partial charge is 0.460 e. The number of para-hydroxylation sites is 1. The highest BCUT2D eigenvalue weighted by Gasteiger charge is 2.28. The fraction of sp³-hybridized carbons (Fsp3) is 0.292. The standard InChI is InChI=1S/C24H27NO3/c1-17(2)23(19-11-13-20(25)14-12-19)24(26)27-16-18-7-6-10-22(15-18)28-21-8-4-3-5-9-21/h3-11,13,15,17,23H,12,14,16,25H2,1-2H3.